The number of hydrogen-bond acceptors (Lipinski definition) is 3. The first kappa shape index (κ1) is 21.6. The van der Waals surface area contributed by atoms with E-state index in [2.05, 4.69) is 17.6 Å². The van der Waals surface area contributed by atoms with Crippen LogP contribution in [-0.4, -0.2) is 15.6 Å². The molecule has 0 spiro atoms. The Bertz CT molecular complexity index is 1320. The maximum Gasteiger partial charge on any atom is 0.323 e. The number of hydrogen-bond donors (Lipinski definition) is 2. The Morgan fingerprint density at radius 1 is 0.969 bits per heavy atom. The summed E-state index contributed by atoms with van der Waals surface area (Å²) in [5.74, 6) is 0.729. The predicted octanol–water partition coefficient (Wildman–Crippen LogP) is 5.69. The number of rotatable bonds is 6. The van der Waals surface area contributed by atoms with Crippen LogP contribution in [0, 0.1) is 0 Å². The molecule has 2 N–H and O–H groups in total. The highest BCUT2D eigenvalue weighted by Crippen LogP contribution is 2.18. The highest BCUT2D eigenvalue weighted by Gasteiger charge is 2.13. The molecule has 1 aromatic heterocycles. The molecule has 6 nitrogen and oxygen atoms in total. The topological polar surface area (TPSA) is 76.0 Å². The molecule has 0 aliphatic heterocycles. The lowest BCUT2D eigenvalue weighted by molar-refractivity contribution is 0.262. The molecule has 0 fully saturated rings. The number of halogens is 1. The van der Waals surface area contributed by atoms with E-state index >= 15 is 0 Å². The number of amides is 2. The van der Waals surface area contributed by atoms with Gasteiger partial charge in [0.15, 0.2) is 0 Å². The largest absolute Gasteiger partial charge is 0.323 e. The number of para-hydroxylation sites is 1. The van der Waals surface area contributed by atoms with Gasteiger partial charge < -0.3 is 10.6 Å². The lowest BCUT2D eigenvalue weighted by atomic mass is 10.1. The fraction of sp³-hybridized carbons (Fsp3) is 0.160. The molecular weight excluding hydrogens is 424 g/mol. The van der Waals surface area contributed by atoms with Gasteiger partial charge in [-0.05, 0) is 54.4 Å². The normalized spacial score (nSPS) is 10.8. The predicted molar refractivity (Wildman–Crippen MR) is 130 cm³/mol. The summed E-state index contributed by atoms with van der Waals surface area (Å²) in [4.78, 5) is 30.5. The number of urea groups is 1. The van der Waals surface area contributed by atoms with E-state index in [1.165, 1.54) is 0 Å². The van der Waals surface area contributed by atoms with Gasteiger partial charge in [0.1, 0.15) is 5.82 Å². The molecule has 0 aliphatic carbocycles. The molecular formula is C25H23ClN4O2. The molecule has 4 aromatic rings. The van der Waals surface area contributed by atoms with Crippen LogP contribution in [0.3, 0.4) is 0 Å². The van der Waals surface area contributed by atoms with Crippen LogP contribution in [-0.2, 0) is 13.0 Å². The first-order valence-electron chi connectivity index (χ1n) is 10.4. The van der Waals surface area contributed by atoms with Crippen molar-refractivity contribution in [3.63, 3.8) is 0 Å². The number of aromatic nitrogens is 2. The van der Waals surface area contributed by atoms with Crippen LogP contribution in [0.25, 0.3) is 10.9 Å². The van der Waals surface area contributed by atoms with Crippen molar-refractivity contribution in [1.82, 2.24) is 9.55 Å². The average molecular weight is 447 g/mol. The number of carbonyl (C=O) groups excluding carboxylic acids is 1. The third-order valence-corrected chi connectivity index (χ3v) is 5.26. The van der Waals surface area contributed by atoms with E-state index < -0.39 is 0 Å². The Morgan fingerprint density at radius 2 is 1.75 bits per heavy atom. The lowest BCUT2D eigenvalue weighted by Gasteiger charge is -2.14. The van der Waals surface area contributed by atoms with Crippen molar-refractivity contribution in [2.24, 2.45) is 0 Å². The second-order valence-corrected chi connectivity index (χ2v) is 7.91. The van der Waals surface area contributed by atoms with Gasteiger partial charge in [-0.3, -0.25) is 9.36 Å². The standard InChI is InChI=1S/C25H23ClN4O2/c1-2-7-23-29-22-13-12-20(28-25(32)27-19-10-4-3-5-11-19)15-21(22)24(31)30(23)16-17-8-6-9-18(26)14-17/h3-6,8-15H,2,7,16H2,1H3,(H2,27,28,32). The van der Waals surface area contributed by atoms with Crippen LogP contribution < -0.4 is 16.2 Å². The molecule has 32 heavy (non-hydrogen) atoms. The van der Waals surface area contributed by atoms with Gasteiger partial charge in [-0.2, -0.15) is 0 Å². The maximum atomic E-state index is 13.4. The van der Waals surface area contributed by atoms with E-state index in [1.807, 2.05) is 36.4 Å². The van der Waals surface area contributed by atoms with E-state index in [0.717, 1.165) is 17.8 Å². The molecule has 0 saturated heterocycles. The Hall–Kier alpha value is -3.64. The van der Waals surface area contributed by atoms with E-state index in [9.17, 15) is 9.59 Å². The van der Waals surface area contributed by atoms with Gasteiger partial charge in [-0.25, -0.2) is 9.78 Å². The van der Waals surface area contributed by atoms with E-state index in [4.69, 9.17) is 16.6 Å². The van der Waals surface area contributed by atoms with Gasteiger partial charge in [0, 0.05) is 22.8 Å². The smallest absolute Gasteiger partial charge is 0.308 e. The molecule has 0 unspecified atom stereocenters. The number of carbonyl (C=O) groups is 1. The van der Waals surface area contributed by atoms with Crippen LogP contribution in [0.15, 0.2) is 77.6 Å². The lowest BCUT2D eigenvalue weighted by Crippen LogP contribution is -2.26. The molecule has 0 bridgehead atoms. The number of nitrogens with one attached hydrogen (secondary N) is 2. The second-order valence-electron chi connectivity index (χ2n) is 7.48. The van der Waals surface area contributed by atoms with Crippen LogP contribution >= 0.6 is 11.6 Å². The zero-order chi connectivity index (χ0) is 22.5. The quantitative estimate of drug-likeness (QED) is 0.399. The van der Waals surface area contributed by atoms with Gasteiger partial charge in [0.05, 0.1) is 17.4 Å². The zero-order valence-corrected chi connectivity index (χ0v) is 18.4. The number of fused-ring (bicyclic) bond motifs is 1. The molecule has 0 aliphatic rings. The third-order valence-electron chi connectivity index (χ3n) is 5.03. The summed E-state index contributed by atoms with van der Waals surface area (Å²) in [6, 6.07) is 21.4. The van der Waals surface area contributed by atoms with Crippen molar-refractivity contribution < 1.29 is 4.79 Å². The van der Waals surface area contributed by atoms with Crippen molar-refractivity contribution in [1.29, 1.82) is 0 Å². The number of aryl methyl sites for hydroxylation is 1. The molecule has 0 radical (unpaired) electrons. The molecule has 0 atom stereocenters. The van der Waals surface area contributed by atoms with Gasteiger partial charge in [-0.1, -0.05) is 48.9 Å². The number of nitrogens with zero attached hydrogens (tertiary/aromatic N) is 2. The SMILES string of the molecule is CCCc1nc2ccc(NC(=O)Nc3ccccc3)cc2c(=O)n1Cc1cccc(Cl)c1. The first-order valence-corrected chi connectivity index (χ1v) is 10.8. The molecule has 7 heteroatoms. The summed E-state index contributed by atoms with van der Waals surface area (Å²) in [6.45, 7) is 2.43. The fourth-order valence-electron chi connectivity index (χ4n) is 3.55. The first-order chi connectivity index (χ1) is 15.5. The molecule has 3 aromatic carbocycles. The van der Waals surface area contributed by atoms with Crippen LogP contribution in [0.5, 0.6) is 0 Å². The van der Waals surface area contributed by atoms with Crippen LogP contribution in [0.2, 0.25) is 5.02 Å². The Labute approximate surface area is 190 Å². The minimum Gasteiger partial charge on any atom is -0.308 e. The van der Waals surface area contributed by atoms with Crippen molar-refractivity contribution in [2.45, 2.75) is 26.3 Å². The van der Waals surface area contributed by atoms with Crippen molar-refractivity contribution in [3.05, 3.63) is 99.6 Å². The average Bonchev–Trinajstić information content (AvgIpc) is 2.78. The highest BCUT2D eigenvalue weighted by molar-refractivity contribution is 6.30. The van der Waals surface area contributed by atoms with E-state index in [0.29, 0.717) is 40.3 Å². The summed E-state index contributed by atoms with van der Waals surface area (Å²) in [6.07, 6.45) is 1.55. The second kappa shape index (κ2) is 9.66. The molecule has 2 amide bonds. The summed E-state index contributed by atoms with van der Waals surface area (Å²) in [7, 11) is 0. The minimum atomic E-state index is -0.384. The van der Waals surface area contributed by atoms with Gasteiger partial charge >= 0.3 is 6.03 Å². The molecule has 1 heterocycles. The van der Waals surface area contributed by atoms with Crippen molar-refractivity contribution in [3.8, 4) is 0 Å². The number of anilines is 2. The Balaban J connectivity index is 1.67. The minimum absolute atomic E-state index is 0.148. The zero-order valence-electron chi connectivity index (χ0n) is 17.6. The molecule has 162 valence electrons. The highest BCUT2D eigenvalue weighted by atomic mass is 35.5. The fourth-order valence-corrected chi connectivity index (χ4v) is 3.77. The van der Waals surface area contributed by atoms with Crippen molar-refractivity contribution >= 4 is 39.9 Å². The van der Waals surface area contributed by atoms with E-state index in [-0.39, 0.29) is 11.6 Å². The Kier molecular flexibility index (Phi) is 6.52. The van der Waals surface area contributed by atoms with Crippen molar-refractivity contribution in [2.75, 3.05) is 10.6 Å². The van der Waals surface area contributed by atoms with Crippen LogP contribution in [0.1, 0.15) is 24.7 Å². The van der Waals surface area contributed by atoms with Gasteiger partial charge in [0.25, 0.3) is 5.56 Å². The van der Waals surface area contributed by atoms with Gasteiger partial charge in [0.2, 0.25) is 0 Å². The summed E-state index contributed by atoms with van der Waals surface area (Å²) >= 11 is 6.12. The molecule has 4 rings (SSSR count). The maximum absolute atomic E-state index is 13.4. The Morgan fingerprint density at radius 3 is 2.50 bits per heavy atom. The summed E-state index contributed by atoms with van der Waals surface area (Å²) in [5.41, 5.74) is 2.58. The van der Waals surface area contributed by atoms with Crippen LogP contribution in [0.4, 0.5) is 16.2 Å². The van der Waals surface area contributed by atoms with E-state index in [1.54, 1.807) is 41.0 Å². The van der Waals surface area contributed by atoms with Gasteiger partial charge in [-0.15, -0.1) is 0 Å². The third kappa shape index (κ3) is 4.98. The number of benzene rings is 3. The monoisotopic (exact) mass is 446 g/mol. The summed E-state index contributed by atoms with van der Waals surface area (Å²) in [5, 5.41) is 6.62. The molecule has 0 saturated carbocycles. The summed E-state index contributed by atoms with van der Waals surface area (Å²) < 4.78 is 1.69.